The molecule has 1 aliphatic carbocycles. The minimum Gasteiger partial charge on any atom is -0.497 e. The molecule has 0 aromatic heterocycles. The third-order valence-corrected chi connectivity index (χ3v) is 10.8. The number of ether oxygens (including phenoxy) is 2. The van der Waals surface area contributed by atoms with E-state index in [1.165, 1.54) is 15.4 Å². The van der Waals surface area contributed by atoms with Gasteiger partial charge < -0.3 is 19.7 Å². The number of hydrogen-bond donors (Lipinski definition) is 1. The molecule has 1 aliphatic heterocycles. The molecule has 0 radical (unpaired) electrons. The van der Waals surface area contributed by atoms with Gasteiger partial charge in [-0.25, -0.2) is 8.42 Å². The van der Waals surface area contributed by atoms with Crippen LogP contribution in [0.4, 0.5) is 0 Å². The standard InChI is InChI=1S/C31H45N3O5S/c1-24-9-5-6-10-25(24)21-31(33(2)3)18-16-26(17-19-31)32-30(35)23-39-22-27-11-7-8-20-34(27)40(36,37)29-14-12-28(38-4)13-15-29/h5-6,9-10,12-15,26-27H,7-8,11,16-23H2,1-4H3,(H,32,35). The quantitative estimate of drug-likeness (QED) is 0.436. The normalized spacial score (nSPS) is 24.1. The molecule has 4 rings (SSSR count). The Morgan fingerprint density at radius 2 is 1.75 bits per heavy atom. The van der Waals surface area contributed by atoms with Crippen LogP contribution in [0.2, 0.25) is 0 Å². The highest BCUT2D eigenvalue weighted by Crippen LogP contribution is 2.36. The predicted molar refractivity (Wildman–Crippen MR) is 157 cm³/mol. The minimum absolute atomic E-state index is 0.0640. The van der Waals surface area contributed by atoms with Crippen molar-refractivity contribution in [3.8, 4) is 5.75 Å². The van der Waals surface area contributed by atoms with Crippen molar-refractivity contribution in [3.63, 3.8) is 0 Å². The highest BCUT2D eigenvalue weighted by molar-refractivity contribution is 7.89. The molecule has 2 aromatic rings. The van der Waals surface area contributed by atoms with Crippen LogP contribution in [0.1, 0.15) is 56.1 Å². The third-order valence-electron chi connectivity index (χ3n) is 8.79. The number of hydrogen-bond acceptors (Lipinski definition) is 6. The Morgan fingerprint density at radius 1 is 1.05 bits per heavy atom. The van der Waals surface area contributed by atoms with Crippen molar-refractivity contribution in [1.29, 1.82) is 0 Å². The van der Waals surface area contributed by atoms with E-state index in [-0.39, 0.29) is 41.6 Å². The molecule has 1 N–H and O–H groups in total. The van der Waals surface area contributed by atoms with E-state index >= 15 is 0 Å². The summed E-state index contributed by atoms with van der Waals surface area (Å²) in [5.41, 5.74) is 2.80. The molecule has 1 heterocycles. The third kappa shape index (κ3) is 7.24. The van der Waals surface area contributed by atoms with E-state index in [9.17, 15) is 13.2 Å². The largest absolute Gasteiger partial charge is 0.497 e. The number of benzene rings is 2. The zero-order chi connectivity index (χ0) is 28.8. The van der Waals surface area contributed by atoms with Crippen molar-refractivity contribution in [2.24, 2.45) is 0 Å². The van der Waals surface area contributed by atoms with Crippen molar-refractivity contribution >= 4 is 15.9 Å². The maximum absolute atomic E-state index is 13.3. The van der Waals surface area contributed by atoms with Crippen molar-refractivity contribution in [3.05, 3.63) is 59.7 Å². The lowest BCUT2D eigenvalue weighted by atomic mass is 9.74. The van der Waals surface area contributed by atoms with Crippen LogP contribution in [0.25, 0.3) is 0 Å². The summed E-state index contributed by atoms with van der Waals surface area (Å²) in [6.45, 7) is 2.76. The number of likely N-dealkylation sites (N-methyl/N-ethyl adjacent to an activating group) is 1. The van der Waals surface area contributed by atoms with Gasteiger partial charge in [-0.3, -0.25) is 4.79 Å². The number of amides is 1. The van der Waals surface area contributed by atoms with Gasteiger partial charge in [0.05, 0.1) is 18.6 Å². The first-order valence-electron chi connectivity index (χ1n) is 14.4. The van der Waals surface area contributed by atoms with E-state index in [1.807, 2.05) is 0 Å². The molecule has 1 amide bonds. The fraction of sp³-hybridized carbons (Fsp3) is 0.581. The average Bonchev–Trinajstić information content (AvgIpc) is 2.95. The van der Waals surface area contributed by atoms with Crippen molar-refractivity contribution in [2.75, 3.05) is 41.0 Å². The number of methoxy groups -OCH3 is 1. The summed E-state index contributed by atoms with van der Waals surface area (Å²) >= 11 is 0. The van der Waals surface area contributed by atoms with E-state index in [0.29, 0.717) is 18.7 Å². The molecule has 0 bridgehead atoms. The number of rotatable bonds is 11. The second kappa shape index (κ2) is 13.5. The van der Waals surface area contributed by atoms with Crippen LogP contribution in [-0.4, -0.2) is 82.1 Å². The molecular formula is C31H45N3O5S. The van der Waals surface area contributed by atoms with E-state index in [0.717, 1.165) is 44.9 Å². The molecular weight excluding hydrogens is 526 g/mol. The van der Waals surface area contributed by atoms with Crippen molar-refractivity contribution < 1.29 is 22.7 Å². The van der Waals surface area contributed by atoms with Crippen molar-refractivity contribution in [2.45, 2.75) is 80.8 Å². The topological polar surface area (TPSA) is 88.2 Å². The Bertz CT molecular complexity index is 1220. The number of carbonyl (C=O) groups is 1. The van der Waals surface area contributed by atoms with Gasteiger partial charge in [0.2, 0.25) is 15.9 Å². The number of aryl methyl sites for hydroxylation is 1. The molecule has 2 aliphatic rings. The lowest BCUT2D eigenvalue weighted by molar-refractivity contribution is -0.127. The van der Waals surface area contributed by atoms with Crippen LogP contribution >= 0.6 is 0 Å². The number of carbonyl (C=O) groups excluding carboxylic acids is 1. The van der Waals surface area contributed by atoms with Crippen LogP contribution in [0.3, 0.4) is 0 Å². The Balaban J connectivity index is 1.27. The number of piperidine rings is 1. The predicted octanol–water partition coefficient (Wildman–Crippen LogP) is 4.17. The minimum atomic E-state index is -3.66. The van der Waals surface area contributed by atoms with Gasteiger partial charge in [-0.1, -0.05) is 30.7 Å². The van der Waals surface area contributed by atoms with Gasteiger partial charge >= 0.3 is 0 Å². The molecule has 9 heteroatoms. The lowest BCUT2D eigenvalue weighted by Crippen LogP contribution is -2.52. The SMILES string of the molecule is COc1ccc(S(=O)(=O)N2CCCCC2COCC(=O)NC2CCC(Cc3ccccc3C)(N(C)C)CC2)cc1. The molecule has 2 aromatic carbocycles. The second-order valence-electron chi connectivity index (χ2n) is 11.5. The van der Waals surface area contributed by atoms with Crippen LogP contribution < -0.4 is 10.1 Å². The van der Waals surface area contributed by atoms with Crippen LogP contribution in [0.15, 0.2) is 53.4 Å². The first kappa shape index (κ1) is 30.5. The summed E-state index contributed by atoms with van der Waals surface area (Å²) in [6.07, 6.45) is 7.35. The highest BCUT2D eigenvalue weighted by atomic mass is 32.2. The molecule has 1 saturated carbocycles. The zero-order valence-electron chi connectivity index (χ0n) is 24.4. The van der Waals surface area contributed by atoms with Crippen LogP contribution in [0.5, 0.6) is 5.75 Å². The first-order valence-corrected chi connectivity index (χ1v) is 15.8. The Kier molecular flexibility index (Phi) is 10.3. The van der Waals surface area contributed by atoms with Gasteiger partial charge in [0.25, 0.3) is 0 Å². The van der Waals surface area contributed by atoms with Gasteiger partial charge in [0, 0.05) is 24.2 Å². The summed E-state index contributed by atoms with van der Waals surface area (Å²) in [7, 11) is 2.21. The van der Waals surface area contributed by atoms with Crippen LogP contribution in [0, 0.1) is 6.92 Å². The molecule has 220 valence electrons. The summed E-state index contributed by atoms with van der Waals surface area (Å²) in [4.78, 5) is 15.4. The summed E-state index contributed by atoms with van der Waals surface area (Å²) < 4.78 is 39.2. The van der Waals surface area contributed by atoms with E-state index in [2.05, 4.69) is 55.5 Å². The summed E-state index contributed by atoms with van der Waals surface area (Å²) in [5, 5.41) is 3.16. The number of nitrogens with zero attached hydrogens (tertiary/aromatic N) is 2. The Morgan fingerprint density at radius 3 is 2.40 bits per heavy atom. The monoisotopic (exact) mass is 571 g/mol. The molecule has 40 heavy (non-hydrogen) atoms. The molecule has 0 spiro atoms. The first-order chi connectivity index (χ1) is 19.1. The summed E-state index contributed by atoms with van der Waals surface area (Å²) in [6, 6.07) is 14.9. The van der Waals surface area contributed by atoms with Gasteiger partial charge in [-0.05, 0) is 101 Å². The summed E-state index contributed by atoms with van der Waals surface area (Å²) in [5.74, 6) is 0.474. The second-order valence-corrected chi connectivity index (χ2v) is 13.4. The maximum Gasteiger partial charge on any atom is 0.246 e. The maximum atomic E-state index is 13.3. The van der Waals surface area contributed by atoms with Gasteiger partial charge in [-0.2, -0.15) is 4.31 Å². The Hall–Kier alpha value is -2.46. The molecule has 1 saturated heterocycles. The Labute approximate surface area is 240 Å². The smallest absolute Gasteiger partial charge is 0.246 e. The highest BCUT2D eigenvalue weighted by Gasteiger charge is 2.38. The fourth-order valence-corrected chi connectivity index (χ4v) is 7.82. The molecule has 2 fully saturated rings. The molecule has 1 unspecified atom stereocenters. The lowest BCUT2D eigenvalue weighted by Gasteiger charge is -2.45. The average molecular weight is 572 g/mol. The zero-order valence-corrected chi connectivity index (χ0v) is 25.2. The number of nitrogens with one attached hydrogen (secondary N) is 1. The molecule has 8 nitrogen and oxygen atoms in total. The van der Waals surface area contributed by atoms with Crippen molar-refractivity contribution in [1.82, 2.24) is 14.5 Å². The van der Waals surface area contributed by atoms with Gasteiger partial charge in [0.1, 0.15) is 12.4 Å². The van der Waals surface area contributed by atoms with E-state index in [4.69, 9.17) is 9.47 Å². The van der Waals surface area contributed by atoms with Crippen LogP contribution in [-0.2, 0) is 26.0 Å². The van der Waals surface area contributed by atoms with Gasteiger partial charge in [-0.15, -0.1) is 0 Å². The van der Waals surface area contributed by atoms with E-state index < -0.39 is 10.0 Å². The van der Waals surface area contributed by atoms with Gasteiger partial charge in [0.15, 0.2) is 0 Å². The molecule has 1 atom stereocenters. The fourth-order valence-electron chi connectivity index (χ4n) is 6.14. The number of sulfonamides is 1. The van der Waals surface area contributed by atoms with E-state index in [1.54, 1.807) is 31.4 Å².